The number of aryl methyl sites for hydroxylation is 1. The van der Waals surface area contributed by atoms with Crippen LogP contribution in [-0.4, -0.2) is 35.3 Å². The zero-order valence-electron chi connectivity index (χ0n) is 9.07. The topological polar surface area (TPSA) is 59.0 Å². The Bertz CT molecular complexity index is 271. The molecule has 84 valence electrons. The summed E-state index contributed by atoms with van der Waals surface area (Å²) >= 11 is 0. The summed E-state index contributed by atoms with van der Waals surface area (Å²) in [6.45, 7) is 4.91. The first-order chi connectivity index (χ1) is 7.29. The first kappa shape index (κ1) is 11.7. The molecular formula is C10H18N4O. The minimum Gasteiger partial charge on any atom is -0.355 e. The van der Waals surface area contributed by atoms with Crippen molar-refractivity contribution in [2.45, 2.75) is 19.9 Å². The molecule has 0 unspecified atom stereocenters. The van der Waals surface area contributed by atoms with Gasteiger partial charge in [-0.25, -0.2) is 0 Å². The molecule has 1 aromatic rings. The predicted molar refractivity (Wildman–Crippen MR) is 58.4 cm³/mol. The van der Waals surface area contributed by atoms with Gasteiger partial charge in [0.25, 0.3) is 0 Å². The van der Waals surface area contributed by atoms with E-state index in [1.54, 1.807) is 6.20 Å². The van der Waals surface area contributed by atoms with Crippen LogP contribution in [0.1, 0.15) is 13.3 Å². The van der Waals surface area contributed by atoms with Crippen molar-refractivity contribution in [1.29, 1.82) is 0 Å². The number of hydrogen-bond donors (Lipinski definition) is 2. The fourth-order valence-corrected chi connectivity index (χ4v) is 1.25. The standard InChI is InChI=1S/C10H18N4O/c1-10(15)12-7-6-11-4-2-8-14-9-3-5-13-14/h3,5,9,11H,2,4,6-8H2,1H3,(H,12,15). The molecule has 1 heterocycles. The third-order valence-electron chi connectivity index (χ3n) is 1.98. The predicted octanol–water partition coefficient (Wildman–Crippen LogP) is -0.00110. The molecule has 0 bridgehead atoms. The molecule has 5 nitrogen and oxygen atoms in total. The van der Waals surface area contributed by atoms with Crippen molar-refractivity contribution in [2.75, 3.05) is 19.6 Å². The number of carbonyl (C=O) groups is 1. The van der Waals surface area contributed by atoms with Crippen molar-refractivity contribution in [1.82, 2.24) is 20.4 Å². The number of nitrogens with zero attached hydrogens (tertiary/aromatic N) is 2. The maximum Gasteiger partial charge on any atom is 0.216 e. The number of nitrogens with one attached hydrogen (secondary N) is 2. The van der Waals surface area contributed by atoms with Crippen LogP contribution < -0.4 is 10.6 Å². The average Bonchev–Trinajstić information content (AvgIpc) is 2.68. The molecule has 0 radical (unpaired) electrons. The van der Waals surface area contributed by atoms with Crippen LogP contribution in [0.3, 0.4) is 0 Å². The number of carbonyl (C=O) groups excluding carboxylic acids is 1. The van der Waals surface area contributed by atoms with Crippen molar-refractivity contribution < 1.29 is 4.79 Å². The summed E-state index contributed by atoms with van der Waals surface area (Å²) < 4.78 is 1.91. The quantitative estimate of drug-likeness (QED) is 0.623. The Morgan fingerprint density at radius 2 is 2.27 bits per heavy atom. The number of rotatable bonds is 7. The van der Waals surface area contributed by atoms with Gasteiger partial charge in [-0.05, 0) is 19.0 Å². The Morgan fingerprint density at radius 1 is 1.40 bits per heavy atom. The third-order valence-corrected chi connectivity index (χ3v) is 1.98. The molecule has 0 aliphatic rings. The van der Waals surface area contributed by atoms with Crippen molar-refractivity contribution >= 4 is 5.91 Å². The van der Waals surface area contributed by atoms with Crippen LogP contribution >= 0.6 is 0 Å². The highest BCUT2D eigenvalue weighted by atomic mass is 16.1. The van der Waals surface area contributed by atoms with Crippen molar-refractivity contribution in [3.8, 4) is 0 Å². The minimum absolute atomic E-state index is 0.0216. The monoisotopic (exact) mass is 210 g/mol. The van der Waals surface area contributed by atoms with E-state index in [0.29, 0.717) is 6.54 Å². The fourth-order valence-electron chi connectivity index (χ4n) is 1.25. The van der Waals surface area contributed by atoms with Crippen molar-refractivity contribution in [2.24, 2.45) is 0 Å². The molecule has 0 spiro atoms. The zero-order chi connectivity index (χ0) is 10.9. The molecule has 5 heteroatoms. The van der Waals surface area contributed by atoms with Crippen LogP contribution in [0.2, 0.25) is 0 Å². The van der Waals surface area contributed by atoms with Crippen LogP contribution in [-0.2, 0) is 11.3 Å². The van der Waals surface area contributed by atoms with Gasteiger partial charge >= 0.3 is 0 Å². The van der Waals surface area contributed by atoms with Gasteiger partial charge in [-0.15, -0.1) is 0 Å². The maximum absolute atomic E-state index is 10.5. The molecule has 0 atom stereocenters. The maximum atomic E-state index is 10.5. The minimum atomic E-state index is 0.0216. The molecule has 0 fully saturated rings. The molecular weight excluding hydrogens is 192 g/mol. The van der Waals surface area contributed by atoms with Gasteiger partial charge in [0, 0.05) is 39.0 Å². The molecule has 1 amide bonds. The van der Waals surface area contributed by atoms with E-state index < -0.39 is 0 Å². The zero-order valence-corrected chi connectivity index (χ0v) is 9.07. The molecule has 1 aromatic heterocycles. The average molecular weight is 210 g/mol. The second-order valence-corrected chi connectivity index (χ2v) is 3.36. The summed E-state index contributed by atoms with van der Waals surface area (Å²) in [5.74, 6) is 0.0216. The van der Waals surface area contributed by atoms with Gasteiger partial charge in [0.2, 0.25) is 5.91 Å². The fraction of sp³-hybridized carbons (Fsp3) is 0.600. The third kappa shape index (κ3) is 5.85. The Hall–Kier alpha value is -1.36. The summed E-state index contributed by atoms with van der Waals surface area (Å²) in [4.78, 5) is 10.5. The highest BCUT2D eigenvalue weighted by Crippen LogP contribution is 1.87. The van der Waals surface area contributed by atoms with Crippen LogP contribution in [0.15, 0.2) is 18.5 Å². The van der Waals surface area contributed by atoms with E-state index in [1.165, 1.54) is 6.92 Å². The van der Waals surface area contributed by atoms with Gasteiger partial charge in [0.15, 0.2) is 0 Å². The first-order valence-corrected chi connectivity index (χ1v) is 5.21. The lowest BCUT2D eigenvalue weighted by Gasteiger charge is -2.05. The summed E-state index contributed by atoms with van der Waals surface area (Å²) in [6, 6.07) is 1.92. The van der Waals surface area contributed by atoms with E-state index in [0.717, 1.165) is 26.1 Å². The lowest BCUT2D eigenvalue weighted by Crippen LogP contribution is -2.30. The molecule has 0 saturated heterocycles. The molecule has 0 aliphatic heterocycles. The van der Waals surface area contributed by atoms with Crippen LogP contribution in [0.25, 0.3) is 0 Å². The molecule has 0 aliphatic carbocycles. The van der Waals surface area contributed by atoms with Crippen molar-refractivity contribution in [3.05, 3.63) is 18.5 Å². The van der Waals surface area contributed by atoms with Crippen LogP contribution in [0.5, 0.6) is 0 Å². The van der Waals surface area contributed by atoms with E-state index in [1.807, 2.05) is 16.9 Å². The largest absolute Gasteiger partial charge is 0.355 e. The second kappa shape index (κ2) is 7.00. The smallest absolute Gasteiger partial charge is 0.216 e. The number of hydrogen-bond acceptors (Lipinski definition) is 3. The van der Waals surface area contributed by atoms with Crippen molar-refractivity contribution in [3.63, 3.8) is 0 Å². The van der Waals surface area contributed by atoms with Gasteiger partial charge in [0.05, 0.1) is 0 Å². The van der Waals surface area contributed by atoms with Crippen LogP contribution in [0.4, 0.5) is 0 Å². The van der Waals surface area contributed by atoms with Gasteiger partial charge in [-0.2, -0.15) is 5.10 Å². The van der Waals surface area contributed by atoms with Gasteiger partial charge in [-0.3, -0.25) is 9.48 Å². The molecule has 0 saturated carbocycles. The SMILES string of the molecule is CC(=O)NCCNCCCn1cccn1. The number of aromatic nitrogens is 2. The highest BCUT2D eigenvalue weighted by molar-refractivity contribution is 5.72. The van der Waals surface area contributed by atoms with E-state index in [2.05, 4.69) is 15.7 Å². The van der Waals surface area contributed by atoms with Crippen LogP contribution in [0, 0.1) is 0 Å². The van der Waals surface area contributed by atoms with Gasteiger partial charge in [0.1, 0.15) is 0 Å². The van der Waals surface area contributed by atoms with Gasteiger partial charge in [-0.1, -0.05) is 0 Å². The van der Waals surface area contributed by atoms with E-state index in [4.69, 9.17) is 0 Å². The number of amides is 1. The molecule has 1 rings (SSSR count). The Morgan fingerprint density at radius 3 is 2.93 bits per heavy atom. The lowest BCUT2D eigenvalue weighted by molar-refractivity contribution is -0.118. The highest BCUT2D eigenvalue weighted by Gasteiger charge is 1.92. The Kier molecular flexibility index (Phi) is 5.47. The van der Waals surface area contributed by atoms with Gasteiger partial charge < -0.3 is 10.6 Å². The summed E-state index contributed by atoms with van der Waals surface area (Å²) in [5, 5.41) is 10.1. The van der Waals surface area contributed by atoms with E-state index >= 15 is 0 Å². The molecule has 2 N–H and O–H groups in total. The van der Waals surface area contributed by atoms with E-state index in [9.17, 15) is 4.79 Å². The summed E-state index contributed by atoms with van der Waals surface area (Å²) in [6.07, 6.45) is 4.78. The Balaban J connectivity index is 1.87. The first-order valence-electron chi connectivity index (χ1n) is 5.21. The second-order valence-electron chi connectivity index (χ2n) is 3.36. The van der Waals surface area contributed by atoms with E-state index in [-0.39, 0.29) is 5.91 Å². The Labute approximate surface area is 89.9 Å². The normalized spacial score (nSPS) is 10.2. The summed E-state index contributed by atoms with van der Waals surface area (Å²) in [7, 11) is 0. The summed E-state index contributed by atoms with van der Waals surface area (Å²) in [5.41, 5.74) is 0. The molecule has 15 heavy (non-hydrogen) atoms. The molecule has 0 aromatic carbocycles. The lowest BCUT2D eigenvalue weighted by atomic mass is 10.4.